The van der Waals surface area contributed by atoms with E-state index in [4.69, 9.17) is 9.47 Å². The lowest BCUT2D eigenvalue weighted by Gasteiger charge is -2.19. The number of esters is 1. The van der Waals surface area contributed by atoms with Gasteiger partial charge < -0.3 is 20.1 Å². The number of carbonyl (C=O) groups excluding carboxylic acids is 3. The highest BCUT2D eigenvalue weighted by atomic mass is 16.6. The Hall–Kier alpha value is -3.09. The van der Waals surface area contributed by atoms with E-state index in [0.29, 0.717) is 12.1 Å². The molecule has 0 aliphatic rings. The molecule has 150 valence electrons. The molecule has 0 bridgehead atoms. The molecule has 0 aliphatic carbocycles. The van der Waals surface area contributed by atoms with Crippen molar-refractivity contribution >= 4 is 34.4 Å². The number of fused-ring (bicyclic) bond motifs is 1. The van der Waals surface area contributed by atoms with Crippen LogP contribution in [-0.2, 0) is 19.1 Å². The second-order valence-electron chi connectivity index (χ2n) is 7.27. The van der Waals surface area contributed by atoms with E-state index >= 15 is 0 Å². The molecule has 2 aromatic carbocycles. The van der Waals surface area contributed by atoms with E-state index in [2.05, 4.69) is 10.6 Å². The Kier molecular flexibility index (Phi) is 7.37. The quantitative estimate of drug-likeness (QED) is 0.560. The van der Waals surface area contributed by atoms with Gasteiger partial charge in [0.05, 0.1) is 0 Å². The maximum Gasteiger partial charge on any atom is 0.407 e. The van der Waals surface area contributed by atoms with Crippen molar-refractivity contribution in [1.82, 2.24) is 5.32 Å². The van der Waals surface area contributed by atoms with Crippen LogP contribution in [0.5, 0.6) is 0 Å². The van der Waals surface area contributed by atoms with E-state index in [1.54, 1.807) is 26.8 Å². The van der Waals surface area contributed by atoms with Crippen LogP contribution in [0.4, 0.5) is 10.5 Å². The highest BCUT2D eigenvalue weighted by molar-refractivity contribution is 6.02. The van der Waals surface area contributed by atoms with Crippen LogP contribution in [0.2, 0.25) is 0 Å². The predicted octanol–water partition coefficient (Wildman–Crippen LogP) is 3.63. The Morgan fingerprint density at radius 2 is 1.71 bits per heavy atom. The molecule has 0 aromatic heterocycles. The van der Waals surface area contributed by atoms with Crippen LogP contribution in [0.3, 0.4) is 0 Å². The third-order valence-corrected chi connectivity index (χ3v) is 3.65. The molecule has 0 heterocycles. The topological polar surface area (TPSA) is 93.7 Å². The Balaban J connectivity index is 1.68. The summed E-state index contributed by atoms with van der Waals surface area (Å²) in [6.45, 7) is 5.24. The minimum absolute atomic E-state index is 0.0946. The normalized spacial score (nSPS) is 11.0. The Labute approximate surface area is 164 Å². The second-order valence-corrected chi connectivity index (χ2v) is 7.27. The van der Waals surface area contributed by atoms with Crippen molar-refractivity contribution < 1.29 is 23.9 Å². The van der Waals surface area contributed by atoms with Crippen LogP contribution in [0.25, 0.3) is 10.8 Å². The van der Waals surface area contributed by atoms with Gasteiger partial charge in [-0.25, -0.2) is 4.79 Å². The number of benzene rings is 2. The second kappa shape index (κ2) is 9.73. The van der Waals surface area contributed by atoms with E-state index in [-0.39, 0.29) is 19.6 Å². The fourth-order valence-corrected chi connectivity index (χ4v) is 2.48. The third-order valence-electron chi connectivity index (χ3n) is 3.65. The first-order chi connectivity index (χ1) is 13.2. The number of amides is 2. The zero-order valence-corrected chi connectivity index (χ0v) is 16.4. The van der Waals surface area contributed by atoms with Gasteiger partial charge in [0.15, 0.2) is 6.61 Å². The fraction of sp³-hybridized carbons (Fsp3) is 0.381. The number of carbonyl (C=O) groups is 3. The van der Waals surface area contributed by atoms with Crippen LogP contribution in [0, 0.1) is 0 Å². The van der Waals surface area contributed by atoms with Crippen LogP contribution < -0.4 is 10.6 Å². The molecule has 2 N–H and O–H groups in total. The molecular weight excluding hydrogens is 360 g/mol. The number of alkyl carbamates (subject to hydrolysis) is 1. The number of anilines is 1. The van der Waals surface area contributed by atoms with Gasteiger partial charge in [0, 0.05) is 24.0 Å². The molecule has 2 rings (SSSR count). The third kappa shape index (κ3) is 7.26. The lowest BCUT2D eigenvalue weighted by Crippen LogP contribution is -2.33. The lowest BCUT2D eigenvalue weighted by molar-refractivity contribution is -0.147. The standard InChI is InChI=1S/C21H26N2O5/c1-21(2,3)28-20(26)22-13-7-12-19(25)27-14-18(24)23-17-11-6-9-15-8-4-5-10-16(15)17/h4-6,8-11H,7,12-14H2,1-3H3,(H,22,26)(H,23,24). The molecule has 2 aromatic rings. The molecule has 0 spiro atoms. The SMILES string of the molecule is CC(C)(C)OC(=O)NCCCC(=O)OCC(=O)Nc1cccc2ccccc12. The Bertz CT molecular complexity index is 837. The van der Waals surface area contributed by atoms with E-state index in [1.807, 2.05) is 36.4 Å². The molecule has 0 saturated carbocycles. The van der Waals surface area contributed by atoms with Gasteiger partial charge in [-0.05, 0) is 38.6 Å². The van der Waals surface area contributed by atoms with Crippen molar-refractivity contribution in [2.75, 3.05) is 18.5 Å². The van der Waals surface area contributed by atoms with Crippen molar-refractivity contribution in [1.29, 1.82) is 0 Å². The van der Waals surface area contributed by atoms with Crippen LogP contribution >= 0.6 is 0 Å². The molecule has 0 fully saturated rings. The first kappa shape index (κ1) is 21.2. The van der Waals surface area contributed by atoms with E-state index in [1.165, 1.54) is 0 Å². The first-order valence-electron chi connectivity index (χ1n) is 9.15. The largest absolute Gasteiger partial charge is 0.456 e. The van der Waals surface area contributed by atoms with E-state index in [0.717, 1.165) is 10.8 Å². The minimum atomic E-state index is -0.569. The molecule has 7 heteroatoms. The fourth-order valence-electron chi connectivity index (χ4n) is 2.48. The monoisotopic (exact) mass is 386 g/mol. The van der Waals surface area contributed by atoms with Gasteiger partial charge in [-0.3, -0.25) is 9.59 Å². The average molecular weight is 386 g/mol. The highest BCUT2D eigenvalue weighted by Crippen LogP contribution is 2.22. The van der Waals surface area contributed by atoms with Gasteiger partial charge in [0.25, 0.3) is 5.91 Å². The summed E-state index contributed by atoms with van der Waals surface area (Å²) in [7, 11) is 0. The highest BCUT2D eigenvalue weighted by Gasteiger charge is 2.15. The summed E-state index contributed by atoms with van der Waals surface area (Å²) in [4.78, 5) is 35.3. The Morgan fingerprint density at radius 1 is 1.00 bits per heavy atom. The summed E-state index contributed by atoms with van der Waals surface area (Å²) < 4.78 is 10.1. The summed E-state index contributed by atoms with van der Waals surface area (Å²) >= 11 is 0. The maximum absolute atomic E-state index is 12.1. The number of hydrogen-bond acceptors (Lipinski definition) is 5. The van der Waals surface area contributed by atoms with Crippen molar-refractivity contribution in [3.8, 4) is 0 Å². The number of rotatable bonds is 7. The van der Waals surface area contributed by atoms with Crippen LogP contribution in [-0.4, -0.2) is 36.7 Å². The van der Waals surface area contributed by atoms with Crippen LogP contribution in [0.1, 0.15) is 33.6 Å². The molecule has 0 aliphatic heterocycles. The van der Waals surface area contributed by atoms with Gasteiger partial charge in [0.2, 0.25) is 0 Å². The molecule has 2 amide bonds. The minimum Gasteiger partial charge on any atom is -0.456 e. The lowest BCUT2D eigenvalue weighted by atomic mass is 10.1. The van der Waals surface area contributed by atoms with Crippen molar-refractivity contribution in [3.05, 3.63) is 42.5 Å². The molecule has 0 unspecified atom stereocenters. The molecule has 0 radical (unpaired) electrons. The summed E-state index contributed by atoms with van der Waals surface area (Å²) in [5.41, 5.74) is 0.0983. The summed E-state index contributed by atoms with van der Waals surface area (Å²) in [6, 6.07) is 13.3. The predicted molar refractivity (Wildman–Crippen MR) is 107 cm³/mol. The first-order valence-corrected chi connectivity index (χ1v) is 9.15. The van der Waals surface area contributed by atoms with E-state index < -0.39 is 23.6 Å². The van der Waals surface area contributed by atoms with Crippen molar-refractivity contribution in [3.63, 3.8) is 0 Å². The molecule has 0 atom stereocenters. The van der Waals surface area contributed by atoms with Gasteiger partial charge in [-0.2, -0.15) is 0 Å². The summed E-state index contributed by atoms with van der Waals surface area (Å²) in [5, 5.41) is 7.24. The van der Waals surface area contributed by atoms with Gasteiger partial charge >= 0.3 is 12.1 Å². The van der Waals surface area contributed by atoms with Crippen LogP contribution in [0.15, 0.2) is 42.5 Å². The van der Waals surface area contributed by atoms with E-state index in [9.17, 15) is 14.4 Å². The molecule has 28 heavy (non-hydrogen) atoms. The number of hydrogen-bond donors (Lipinski definition) is 2. The average Bonchev–Trinajstić information content (AvgIpc) is 2.62. The number of nitrogens with one attached hydrogen (secondary N) is 2. The molecular formula is C21H26N2O5. The van der Waals surface area contributed by atoms with Crippen molar-refractivity contribution in [2.24, 2.45) is 0 Å². The maximum atomic E-state index is 12.1. The van der Waals surface area contributed by atoms with Gasteiger partial charge in [-0.15, -0.1) is 0 Å². The zero-order valence-electron chi connectivity index (χ0n) is 16.4. The number of ether oxygens (including phenoxy) is 2. The molecule has 0 saturated heterocycles. The van der Waals surface area contributed by atoms with Crippen molar-refractivity contribution in [2.45, 2.75) is 39.2 Å². The smallest absolute Gasteiger partial charge is 0.407 e. The Morgan fingerprint density at radius 3 is 2.46 bits per heavy atom. The van der Waals surface area contributed by atoms with Gasteiger partial charge in [0.1, 0.15) is 5.60 Å². The molecule has 7 nitrogen and oxygen atoms in total. The summed E-state index contributed by atoms with van der Waals surface area (Å²) in [6.07, 6.45) is -0.0456. The zero-order chi connectivity index (χ0) is 20.6. The summed E-state index contributed by atoms with van der Waals surface area (Å²) in [5.74, 6) is -0.907. The van der Waals surface area contributed by atoms with Gasteiger partial charge in [-0.1, -0.05) is 36.4 Å².